The largest absolute Gasteiger partial charge is 0.342 e. The van der Waals surface area contributed by atoms with Crippen molar-refractivity contribution in [1.29, 1.82) is 0 Å². The molecule has 1 heterocycles. The lowest BCUT2D eigenvalue weighted by Crippen LogP contribution is -2.42. The predicted molar refractivity (Wildman–Crippen MR) is 78.8 cm³/mol. The number of rotatable bonds is 3. The molecule has 1 aliphatic heterocycles. The Morgan fingerprint density at radius 1 is 1.17 bits per heavy atom. The highest BCUT2D eigenvalue weighted by Crippen LogP contribution is 2.25. The van der Waals surface area contributed by atoms with Gasteiger partial charge in [0.05, 0.1) is 5.92 Å². The third-order valence-electron chi connectivity index (χ3n) is 4.21. The minimum absolute atomic E-state index is 0. The van der Waals surface area contributed by atoms with Gasteiger partial charge in [0.1, 0.15) is 0 Å². The zero-order valence-corrected chi connectivity index (χ0v) is 13.0. The van der Waals surface area contributed by atoms with Crippen molar-refractivity contribution in [2.24, 2.45) is 23.5 Å². The second-order valence-electron chi connectivity index (χ2n) is 5.91. The Kier molecular flexibility index (Phi) is 7.88. The highest BCUT2D eigenvalue weighted by Gasteiger charge is 2.26. The first kappa shape index (κ1) is 17.7. The van der Waals surface area contributed by atoms with Crippen molar-refractivity contribution in [2.45, 2.75) is 53.0 Å². The third kappa shape index (κ3) is 4.77. The molecule has 0 aliphatic carbocycles. The maximum Gasteiger partial charge on any atom is 0.226 e. The van der Waals surface area contributed by atoms with Crippen LogP contribution in [0.2, 0.25) is 0 Å². The van der Waals surface area contributed by atoms with E-state index in [4.69, 9.17) is 5.73 Å². The fourth-order valence-corrected chi connectivity index (χ4v) is 2.52. The highest BCUT2D eigenvalue weighted by molar-refractivity contribution is 5.85. The molecule has 0 radical (unpaired) electrons. The average molecular weight is 277 g/mol. The lowest BCUT2D eigenvalue weighted by molar-refractivity contribution is -0.135. The van der Waals surface area contributed by atoms with E-state index in [1.807, 2.05) is 18.7 Å². The number of likely N-dealkylation sites (tertiary alicyclic amines) is 1. The summed E-state index contributed by atoms with van der Waals surface area (Å²) in [4.78, 5) is 14.2. The number of halogens is 1. The van der Waals surface area contributed by atoms with Crippen LogP contribution < -0.4 is 5.73 Å². The van der Waals surface area contributed by atoms with Crippen molar-refractivity contribution in [1.82, 2.24) is 4.90 Å². The summed E-state index contributed by atoms with van der Waals surface area (Å²) in [7, 11) is 0. The molecule has 0 spiro atoms. The normalized spacial score (nSPS) is 24.1. The second kappa shape index (κ2) is 8.00. The van der Waals surface area contributed by atoms with E-state index in [0.29, 0.717) is 0 Å². The molecule has 0 aromatic heterocycles. The van der Waals surface area contributed by atoms with Crippen LogP contribution in [0.1, 0.15) is 47.0 Å². The topological polar surface area (TPSA) is 46.3 Å². The molecular formula is C14H29ClN2O. The van der Waals surface area contributed by atoms with Gasteiger partial charge in [-0.3, -0.25) is 4.79 Å². The number of carbonyl (C=O) groups is 1. The number of hydrogen-bond donors (Lipinski definition) is 1. The smallest absolute Gasteiger partial charge is 0.226 e. The summed E-state index contributed by atoms with van der Waals surface area (Å²) in [5, 5.41) is 0. The van der Waals surface area contributed by atoms with Gasteiger partial charge in [-0.1, -0.05) is 20.8 Å². The number of carbonyl (C=O) groups excluding carboxylic acids is 1. The average Bonchev–Trinajstić information content (AvgIpc) is 2.52. The van der Waals surface area contributed by atoms with E-state index in [1.54, 1.807) is 0 Å². The van der Waals surface area contributed by atoms with Gasteiger partial charge in [0.25, 0.3) is 0 Å². The number of hydrogen-bond acceptors (Lipinski definition) is 2. The van der Waals surface area contributed by atoms with Gasteiger partial charge in [-0.15, -0.1) is 12.4 Å². The molecule has 1 fully saturated rings. The molecule has 0 saturated carbocycles. The molecule has 0 aromatic rings. The van der Waals surface area contributed by atoms with Crippen LogP contribution in [-0.2, 0) is 4.79 Å². The van der Waals surface area contributed by atoms with E-state index in [9.17, 15) is 4.79 Å². The number of nitrogens with two attached hydrogens (primary N) is 1. The first-order valence-corrected chi connectivity index (χ1v) is 6.97. The van der Waals surface area contributed by atoms with Crippen LogP contribution in [0.25, 0.3) is 0 Å². The molecule has 1 rings (SSSR count). The van der Waals surface area contributed by atoms with Gasteiger partial charge in [0.2, 0.25) is 5.91 Å². The van der Waals surface area contributed by atoms with Crippen molar-refractivity contribution in [3.63, 3.8) is 0 Å². The summed E-state index contributed by atoms with van der Waals surface area (Å²) in [6, 6.07) is -0.0494. The molecule has 1 saturated heterocycles. The molecule has 3 nitrogen and oxygen atoms in total. The van der Waals surface area contributed by atoms with Gasteiger partial charge in [-0.25, -0.2) is 0 Å². The Labute approximate surface area is 118 Å². The van der Waals surface area contributed by atoms with Gasteiger partial charge in [-0.05, 0) is 38.0 Å². The lowest BCUT2D eigenvalue weighted by atomic mass is 9.89. The molecule has 0 bridgehead atoms. The minimum Gasteiger partial charge on any atom is -0.342 e. The quantitative estimate of drug-likeness (QED) is 0.861. The first-order valence-electron chi connectivity index (χ1n) is 6.97. The van der Waals surface area contributed by atoms with Crippen molar-refractivity contribution in [3.8, 4) is 0 Å². The summed E-state index contributed by atoms with van der Waals surface area (Å²) in [6.07, 6.45) is 3.54. The van der Waals surface area contributed by atoms with Crippen molar-refractivity contribution in [2.75, 3.05) is 13.1 Å². The van der Waals surface area contributed by atoms with Gasteiger partial charge < -0.3 is 10.6 Å². The first-order chi connectivity index (χ1) is 7.93. The van der Waals surface area contributed by atoms with Crippen molar-refractivity contribution >= 4 is 18.3 Å². The van der Waals surface area contributed by atoms with Crippen LogP contribution >= 0.6 is 12.4 Å². The van der Waals surface area contributed by atoms with Gasteiger partial charge in [0, 0.05) is 19.1 Å². The number of amides is 1. The Balaban J connectivity index is 0.00000289. The lowest BCUT2D eigenvalue weighted by Gasteiger charge is -2.26. The zero-order chi connectivity index (χ0) is 13.0. The van der Waals surface area contributed by atoms with Gasteiger partial charge >= 0.3 is 0 Å². The van der Waals surface area contributed by atoms with Crippen LogP contribution in [0.3, 0.4) is 0 Å². The second-order valence-corrected chi connectivity index (χ2v) is 5.91. The van der Waals surface area contributed by atoms with Crippen molar-refractivity contribution < 1.29 is 4.79 Å². The van der Waals surface area contributed by atoms with Crippen LogP contribution in [0.15, 0.2) is 0 Å². The van der Waals surface area contributed by atoms with Crippen LogP contribution in [0, 0.1) is 17.8 Å². The molecule has 0 aromatic carbocycles. The van der Waals surface area contributed by atoms with E-state index in [-0.39, 0.29) is 30.3 Å². The molecule has 1 aliphatic rings. The van der Waals surface area contributed by atoms with E-state index < -0.39 is 0 Å². The number of nitrogens with zero attached hydrogens (tertiary/aromatic N) is 1. The van der Waals surface area contributed by atoms with Crippen LogP contribution in [0.4, 0.5) is 0 Å². The Morgan fingerprint density at radius 3 is 2.28 bits per heavy atom. The summed E-state index contributed by atoms with van der Waals surface area (Å²) in [5.74, 6) is 1.70. The van der Waals surface area contributed by atoms with E-state index in [2.05, 4.69) is 13.8 Å². The summed E-state index contributed by atoms with van der Waals surface area (Å²) in [6.45, 7) is 10.3. The molecule has 3 atom stereocenters. The molecule has 108 valence electrons. The minimum atomic E-state index is -0.0504. The van der Waals surface area contributed by atoms with Crippen molar-refractivity contribution in [3.05, 3.63) is 0 Å². The molecular weight excluding hydrogens is 248 g/mol. The molecule has 3 unspecified atom stereocenters. The van der Waals surface area contributed by atoms with E-state index >= 15 is 0 Å². The molecule has 4 heteroatoms. The summed E-state index contributed by atoms with van der Waals surface area (Å²) in [5.41, 5.74) is 5.81. The fraction of sp³-hybridized carbons (Fsp3) is 0.929. The predicted octanol–water partition coefficient (Wildman–Crippen LogP) is 2.68. The summed E-state index contributed by atoms with van der Waals surface area (Å²) >= 11 is 0. The van der Waals surface area contributed by atoms with E-state index in [1.165, 1.54) is 6.42 Å². The molecule has 1 amide bonds. The highest BCUT2D eigenvalue weighted by atomic mass is 35.5. The van der Waals surface area contributed by atoms with Crippen LogP contribution in [-0.4, -0.2) is 29.9 Å². The maximum absolute atomic E-state index is 12.2. The van der Waals surface area contributed by atoms with E-state index in [0.717, 1.165) is 37.8 Å². The molecule has 2 N–H and O–H groups in total. The van der Waals surface area contributed by atoms with Gasteiger partial charge in [0.15, 0.2) is 0 Å². The Hall–Kier alpha value is -0.280. The Bertz CT molecular complexity index is 256. The fourth-order valence-electron chi connectivity index (χ4n) is 2.52. The zero-order valence-electron chi connectivity index (χ0n) is 12.2. The maximum atomic E-state index is 12.2. The standard InChI is InChI=1S/C14H28N2O.ClH/c1-10(2)13-6-5-8-16(9-7-13)14(17)11(3)12(4)15;/h10-13H,5-9,15H2,1-4H3;1H. The SMILES string of the molecule is CC(C)C1CCCN(C(=O)C(C)C(C)N)CC1.Cl. The molecule has 18 heavy (non-hydrogen) atoms. The van der Waals surface area contributed by atoms with Crippen LogP contribution in [0.5, 0.6) is 0 Å². The third-order valence-corrected chi connectivity index (χ3v) is 4.21. The summed E-state index contributed by atoms with van der Waals surface area (Å²) < 4.78 is 0. The Morgan fingerprint density at radius 2 is 1.78 bits per heavy atom. The monoisotopic (exact) mass is 276 g/mol. The van der Waals surface area contributed by atoms with Gasteiger partial charge in [-0.2, -0.15) is 0 Å².